The number of hydrogen-bond donors (Lipinski definition) is 1. The lowest BCUT2D eigenvalue weighted by Crippen LogP contribution is -2.30. The van der Waals surface area contributed by atoms with Crippen LogP contribution in [0.3, 0.4) is 0 Å². The highest BCUT2D eigenvalue weighted by atomic mass is 16.5. The first-order valence-electron chi connectivity index (χ1n) is 8.92. The predicted molar refractivity (Wildman–Crippen MR) is 109 cm³/mol. The maximum Gasteiger partial charge on any atom is 0.321 e. The maximum atomic E-state index is 12.4. The summed E-state index contributed by atoms with van der Waals surface area (Å²) in [6, 6.07) is 26.3. The van der Waals surface area contributed by atoms with Crippen LogP contribution in [0.2, 0.25) is 0 Å². The largest absolute Gasteiger partial charge is 0.489 e. The maximum absolute atomic E-state index is 12.4. The van der Waals surface area contributed by atoms with Crippen LogP contribution in [-0.2, 0) is 13.2 Å². The van der Waals surface area contributed by atoms with E-state index >= 15 is 0 Å². The summed E-state index contributed by atoms with van der Waals surface area (Å²) in [6.45, 7) is 0.874. The number of benzene rings is 3. The van der Waals surface area contributed by atoms with E-state index in [-0.39, 0.29) is 6.03 Å². The molecule has 2 amide bonds. The first-order valence-corrected chi connectivity index (χ1v) is 8.92. The molecule has 140 valence electrons. The number of nitrogens with zero attached hydrogens (tertiary/aromatic N) is 2. The molecule has 0 bridgehead atoms. The fourth-order valence-electron chi connectivity index (χ4n) is 2.71. The van der Waals surface area contributed by atoms with Gasteiger partial charge < -0.3 is 15.0 Å². The van der Waals surface area contributed by atoms with Gasteiger partial charge in [0.25, 0.3) is 0 Å². The van der Waals surface area contributed by atoms with Crippen LogP contribution in [0.4, 0.5) is 10.5 Å². The van der Waals surface area contributed by atoms with Crippen LogP contribution in [0, 0.1) is 11.3 Å². The molecule has 5 heteroatoms. The number of rotatable bonds is 6. The number of nitrogens with one attached hydrogen (secondary N) is 1. The van der Waals surface area contributed by atoms with Crippen molar-refractivity contribution in [1.82, 2.24) is 4.90 Å². The lowest BCUT2D eigenvalue weighted by Gasteiger charge is -2.18. The van der Waals surface area contributed by atoms with Crippen molar-refractivity contribution in [3.05, 3.63) is 95.6 Å². The SMILES string of the molecule is CN(Cc1ccccc1)C(=O)Nc1cccc(OCc2cccc(C#N)c2)c1. The Hall–Kier alpha value is -3.78. The molecule has 3 aromatic rings. The third kappa shape index (κ3) is 5.36. The topological polar surface area (TPSA) is 65.4 Å². The van der Waals surface area contributed by atoms with Crippen molar-refractivity contribution in [2.75, 3.05) is 12.4 Å². The number of hydrogen-bond acceptors (Lipinski definition) is 3. The standard InChI is InChI=1S/C23H21N3O2/c1-26(16-18-7-3-2-4-8-18)23(27)25-21-11-6-12-22(14-21)28-17-20-10-5-9-19(13-20)15-24/h2-14H,16-17H2,1H3,(H,25,27). The van der Waals surface area contributed by atoms with E-state index in [1.807, 2.05) is 60.7 Å². The van der Waals surface area contributed by atoms with E-state index in [0.717, 1.165) is 11.1 Å². The summed E-state index contributed by atoms with van der Waals surface area (Å²) in [5.74, 6) is 0.644. The Morgan fingerprint density at radius 2 is 1.75 bits per heavy atom. The van der Waals surface area contributed by atoms with Gasteiger partial charge in [-0.3, -0.25) is 0 Å². The number of amides is 2. The minimum absolute atomic E-state index is 0.192. The average molecular weight is 371 g/mol. The van der Waals surface area contributed by atoms with Crippen LogP contribution in [0.1, 0.15) is 16.7 Å². The second-order valence-corrected chi connectivity index (χ2v) is 6.40. The van der Waals surface area contributed by atoms with Crippen molar-refractivity contribution in [3.8, 4) is 11.8 Å². The van der Waals surface area contributed by atoms with Crippen LogP contribution >= 0.6 is 0 Å². The molecular weight excluding hydrogens is 350 g/mol. The first-order chi connectivity index (χ1) is 13.6. The highest BCUT2D eigenvalue weighted by Crippen LogP contribution is 2.19. The van der Waals surface area contributed by atoms with E-state index in [1.54, 1.807) is 30.1 Å². The quantitative estimate of drug-likeness (QED) is 0.677. The van der Waals surface area contributed by atoms with Gasteiger partial charge in [0.1, 0.15) is 12.4 Å². The second kappa shape index (κ2) is 9.24. The molecule has 0 unspecified atom stereocenters. The Balaban J connectivity index is 1.58. The van der Waals surface area contributed by atoms with Crippen LogP contribution in [-0.4, -0.2) is 18.0 Å². The predicted octanol–water partition coefficient (Wildman–Crippen LogP) is 4.80. The molecule has 5 nitrogen and oxygen atoms in total. The fourth-order valence-corrected chi connectivity index (χ4v) is 2.71. The zero-order chi connectivity index (χ0) is 19.8. The Kier molecular flexibility index (Phi) is 6.27. The Morgan fingerprint density at radius 3 is 2.54 bits per heavy atom. The van der Waals surface area contributed by atoms with Crippen LogP contribution in [0.15, 0.2) is 78.9 Å². The lowest BCUT2D eigenvalue weighted by atomic mass is 10.1. The molecule has 1 N–H and O–H groups in total. The van der Waals surface area contributed by atoms with E-state index in [1.165, 1.54) is 0 Å². The molecule has 0 aliphatic heterocycles. The normalized spacial score (nSPS) is 10.0. The van der Waals surface area contributed by atoms with Gasteiger partial charge in [-0.25, -0.2) is 4.79 Å². The molecule has 0 saturated heterocycles. The third-order valence-electron chi connectivity index (χ3n) is 4.16. The van der Waals surface area contributed by atoms with Crippen molar-refractivity contribution in [1.29, 1.82) is 5.26 Å². The summed E-state index contributed by atoms with van der Waals surface area (Å²) in [4.78, 5) is 14.0. The van der Waals surface area contributed by atoms with Crippen LogP contribution < -0.4 is 10.1 Å². The highest BCUT2D eigenvalue weighted by molar-refractivity contribution is 5.89. The monoisotopic (exact) mass is 371 g/mol. The van der Waals surface area contributed by atoms with Crippen molar-refractivity contribution in [2.45, 2.75) is 13.2 Å². The summed E-state index contributed by atoms with van der Waals surface area (Å²) < 4.78 is 5.80. The van der Waals surface area contributed by atoms with Gasteiger partial charge in [-0.15, -0.1) is 0 Å². The molecule has 0 saturated carbocycles. The minimum Gasteiger partial charge on any atom is -0.489 e. The molecule has 0 aliphatic carbocycles. The summed E-state index contributed by atoms with van der Waals surface area (Å²) in [5, 5.41) is 11.9. The molecule has 0 aliphatic rings. The van der Waals surface area contributed by atoms with Gasteiger partial charge in [0.05, 0.1) is 11.6 Å². The van der Waals surface area contributed by atoms with E-state index in [2.05, 4.69) is 11.4 Å². The Bertz CT molecular complexity index is 980. The Labute approximate surface area is 164 Å². The van der Waals surface area contributed by atoms with Gasteiger partial charge in [-0.1, -0.05) is 48.5 Å². The Morgan fingerprint density at radius 1 is 1.00 bits per heavy atom. The van der Waals surface area contributed by atoms with Gasteiger partial charge in [-0.2, -0.15) is 5.26 Å². The van der Waals surface area contributed by atoms with E-state index in [0.29, 0.717) is 30.2 Å². The summed E-state index contributed by atoms with van der Waals surface area (Å²) in [5.41, 5.74) is 3.24. The zero-order valence-electron chi connectivity index (χ0n) is 15.6. The summed E-state index contributed by atoms with van der Waals surface area (Å²) in [6.07, 6.45) is 0. The van der Waals surface area contributed by atoms with Gasteiger partial charge >= 0.3 is 6.03 Å². The molecule has 0 heterocycles. The first kappa shape index (κ1) is 19.0. The van der Waals surface area contributed by atoms with Crippen LogP contribution in [0.25, 0.3) is 0 Å². The molecule has 0 fully saturated rings. The van der Waals surface area contributed by atoms with Crippen molar-refractivity contribution in [2.24, 2.45) is 0 Å². The number of carbonyl (C=O) groups excluding carboxylic acids is 1. The number of carbonyl (C=O) groups is 1. The summed E-state index contributed by atoms with van der Waals surface area (Å²) in [7, 11) is 1.75. The number of ether oxygens (including phenoxy) is 1. The zero-order valence-corrected chi connectivity index (χ0v) is 15.6. The smallest absolute Gasteiger partial charge is 0.321 e. The molecule has 28 heavy (non-hydrogen) atoms. The van der Waals surface area contributed by atoms with Gasteiger partial charge in [0.15, 0.2) is 0 Å². The fraction of sp³-hybridized carbons (Fsp3) is 0.130. The van der Waals surface area contributed by atoms with Crippen molar-refractivity contribution >= 4 is 11.7 Å². The van der Waals surface area contributed by atoms with Crippen LogP contribution in [0.5, 0.6) is 5.75 Å². The van der Waals surface area contributed by atoms with Gasteiger partial charge in [-0.05, 0) is 35.4 Å². The molecular formula is C23H21N3O2. The number of urea groups is 1. The average Bonchev–Trinajstić information content (AvgIpc) is 2.73. The molecule has 3 aromatic carbocycles. The molecule has 0 spiro atoms. The summed E-state index contributed by atoms with van der Waals surface area (Å²) >= 11 is 0. The molecule has 3 rings (SSSR count). The lowest BCUT2D eigenvalue weighted by molar-refractivity contribution is 0.220. The van der Waals surface area contributed by atoms with E-state index in [9.17, 15) is 4.79 Å². The highest BCUT2D eigenvalue weighted by Gasteiger charge is 2.10. The minimum atomic E-state index is -0.192. The third-order valence-corrected chi connectivity index (χ3v) is 4.16. The second-order valence-electron chi connectivity index (χ2n) is 6.40. The molecule has 0 aromatic heterocycles. The van der Waals surface area contributed by atoms with E-state index < -0.39 is 0 Å². The molecule has 0 atom stereocenters. The number of anilines is 1. The molecule has 0 radical (unpaired) electrons. The van der Waals surface area contributed by atoms with Gasteiger partial charge in [0.2, 0.25) is 0 Å². The van der Waals surface area contributed by atoms with Crippen molar-refractivity contribution in [3.63, 3.8) is 0 Å². The number of nitriles is 1. The van der Waals surface area contributed by atoms with Crippen molar-refractivity contribution < 1.29 is 9.53 Å². The van der Waals surface area contributed by atoms with Gasteiger partial charge in [0, 0.05) is 25.3 Å². The van der Waals surface area contributed by atoms with E-state index in [4.69, 9.17) is 10.00 Å².